The highest BCUT2D eigenvalue weighted by atomic mass is 16.7. The molecule has 0 spiro atoms. The Morgan fingerprint density at radius 3 is 2.61 bits per heavy atom. The molecule has 28 heavy (non-hydrogen) atoms. The first-order valence-electron chi connectivity index (χ1n) is 8.43. The number of hydrogen-bond donors (Lipinski definition) is 6. The molecule has 1 fully saturated rings. The molecular formula is C14H22N6O8. The van der Waals surface area contributed by atoms with Crippen molar-refractivity contribution in [1.29, 1.82) is 0 Å². The van der Waals surface area contributed by atoms with E-state index in [0.717, 1.165) is 0 Å². The van der Waals surface area contributed by atoms with Crippen LogP contribution in [0.3, 0.4) is 0 Å². The van der Waals surface area contributed by atoms with Gasteiger partial charge in [-0.05, 0) is 12.5 Å². The molecule has 156 valence electrons. The average Bonchev–Trinajstić information content (AvgIpc) is 3.37. The van der Waals surface area contributed by atoms with Gasteiger partial charge >= 0.3 is 5.97 Å². The van der Waals surface area contributed by atoms with Crippen LogP contribution in [0.1, 0.15) is 26.2 Å². The standard InChI is InChI=1S/C14H22N6O8/c1-13(18-19-13)3-2-8(23)17-9-6(21)4-14(27,12(25)26)28-11(9)10(24)7(22)5-16-20-15/h6-7,9-11,21-22,24,27H,2-5H2,1H3,(H,17,23)(H,25,26)/t6-,7+,9+,10+,11+,14?/m0/s1. The van der Waals surface area contributed by atoms with Crippen molar-refractivity contribution < 1.29 is 39.9 Å². The second kappa shape index (κ2) is 8.34. The number of nitrogens with one attached hydrogen (secondary N) is 1. The van der Waals surface area contributed by atoms with E-state index in [2.05, 4.69) is 25.6 Å². The van der Waals surface area contributed by atoms with Gasteiger partial charge < -0.3 is 35.6 Å². The summed E-state index contributed by atoms with van der Waals surface area (Å²) >= 11 is 0. The van der Waals surface area contributed by atoms with Crippen molar-refractivity contribution in [1.82, 2.24) is 5.32 Å². The third-order valence-corrected chi connectivity index (χ3v) is 4.58. The van der Waals surface area contributed by atoms with Crippen molar-refractivity contribution in [3.63, 3.8) is 0 Å². The number of carbonyl (C=O) groups is 2. The highest BCUT2D eigenvalue weighted by Gasteiger charge is 2.54. The van der Waals surface area contributed by atoms with E-state index in [0.29, 0.717) is 6.42 Å². The van der Waals surface area contributed by atoms with Gasteiger partial charge in [0.15, 0.2) is 5.66 Å². The maximum absolute atomic E-state index is 12.2. The topological polar surface area (TPSA) is 230 Å². The third-order valence-electron chi connectivity index (χ3n) is 4.58. The van der Waals surface area contributed by atoms with Crippen LogP contribution < -0.4 is 5.32 Å². The molecule has 0 aromatic heterocycles. The summed E-state index contributed by atoms with van der Waals surface area (Å²) in [5, 5.41) is 62.8. The van der Waals surface area contributed by atoms with Crippen LogP contribution in [0.15, 0.2) is 15.3 Å². The molecule has 14 heteroatoms. The van der Waals surface area contributed by atoms with Gasteiger partial charge in [0.25, 0.3) is 5.79 Å². The van der Waals surface area contributed by atoms with Gasteiger partial charge in [0.05, 0.1) is 24.8 Å². The van der Waals surface area contributed by atoms with Gasteiger partial charge in [0.2, 0.25) is 5.91 Å². The Balaban J connectivity index is 2.14. The molecule has 1 unspecified atom stereocenters. The number of rotatable bonds is 9. The summed E-state index contributed by atoms with van der Waals surface area (Å²) in [6.07, 6.45) is -7.42. The van der Waals surface area contributed by atoms with Gasteiger partial charge in [-0.25, -0.2) is 4.79 Å². The Hall–Kier alpha value is -2.35. The number of azide groups is 1. The van der Waals surface area contributed by atoms with E-state index in [4.69, 9.17) is 15.4 Å². The van der Waals surface area contributed by atoms with Crippen molar-refractivity contribution in [3.8, 4) is 0 Å². The predicted octanol–water partition coefficient (Wildman–Crippen LogP) is -1.61. The van der Waals surface area contributed by atoms with Crippen LogP contribution in [0.5, 0.6) is 0 Å². The zero-order valence-corrected chi connectivity index (χ0v) is 14.9. The molecule has 2 rings (SSSR count). The van der Waals surface area contributed by atoms with Crippen LogP contribution >= 0.6 is 0 Å². The van der Waals surface area contributed by atoms with Gasteiger partial charge in [-0.2, -0.15) is 10.2 Å². The van der Waals surface area contributed by atoms with Crippen LogP contribution in [-0.4, -0.2) is 85.9 Å². The first kappa shape index (κ1) is 21.9. The number of carboxylic acid groups (broad SMARTS) is 1. The first-order chi connectivity index (χ1) is 13.0. The molecule has 0 aromatic rings. The molecule has 2 aliphatic heterocycles. The number of carboxylic acids is 1. The largest absolute Gasteiger partial charge is 0.477 e. The average molecular weight is 402 g/mol. The second-order valence-electron chi connectivity index (χ2n) is 6.93. The molecule has 1 amide bonds. The molecule has 14 nitrogen and oxygen atoms in total. The number of aliphatic hydroxyl groups is 4. The Morgan fingerprint density at radius 2 is 2.07 bits per heavy atom. The van der Waals surface area contributed by atoms with E-state index >= 15 is 0 Å². The Kier molecular flexibility index (Phi) is 6.54. The zero-order chi connectivity index (χ0) is 21.1. The predicted molar refractivity (Wildman–Crippen MR) is 88.5 cm³/mol. The molecule has 2 aliphatic rings. The summed E-state index contributed by atoms with van der Waals surface area (Å²) in [6.45, 7) is 1.13. The van der Waals surface area contributed by atoms with Gasteiger partial charge in [-0.3, -0.25) is 4.79 Å². The highest BCUT2D eigenvalue weighted by molar-refractivity contribution is 5.77. The fourth-order valence-corrected chi connectivity index (χ4v) is 2.81. The van der Waals surface area contributed by atoms with Crippen molar-refractivity contribution in [2.24, 2.45) is 15.3 Å². The molecule has 0 saturated carbocycles. The molecule has 0 bridgehead atoms. The summed E-state index contributed by atoms with van der Waals surface area (Å²) in [5.41, 5.74) is 7.68. The lowest BCUT2D eigenvalue weighted by Crippen LogP contribution is -2.67. The maximum atomic E-state index is 12.2. The van der Waals surface area contributed by atoms with Gasteiger partial charge in [-0.15, -0.1) is 0 Å². The van der Waals surface area contributed by atoms with Crippen LogP contribution in [-0.2, 0) is 14.3 Å². The van der Waals surface area contributed by atoms with Crippen molar-refractivity contribution >= 4 is 11.9 Å². The molecule has 1 saturated heterocycles. The lowest BCUT2D eigenvalue weighted by molar-refractivity contribution is -0.294. The molecule has 6 N–H and O–H groups in total. The normalized spacial score (nSPS) is 32.7. The Labute approximate surface area is 158 Å². The minimum Gasteiger partial charge on any atom is -0.477 e. The van der Waals surface area contributed by atoms with Crippen molar-refractivity contribution in [3.05, 3.63) is 10.4 Å². The third kappa shape index (κ3) is 5.13. The smallest absolute Gasteiger partial charge is 0.364 e. The Morgan fingerprint density at radius 1 is 1.43 bits per heavy atom. The number of aliphatic hydroxyl groups excluding tert-OH is 3. The van der Waals surface area contributed by atoms with Crippen molar-refractivity contribution in [2.45, 2.75) is 68.1 Å². The summed E-state index contributed by atoms with van der Waals surface area (Å²) < 4.78 is 5.04. The minimum atomic E-state index is -2.84. The number of hydrogen-bond acceptors (Lipinski definition) is 10. The van der Waals surface area contributed by atoms with E-state index < -0.39 is 66.7 Å². The summed E-state index contributed by atoms with van der Waals surface area (Å²) in [4.78, 5) is 25.9. The van der Waals surface area contributed by atoms with E-state index in [-0.39, 0.29) is 6.42 Å². The van der Waals surface area contributed by atoms with Gasteiger partial charge in [0.1, 0.15) is 12.2 Å². The zero-order valence-electron chi connectivity index (χ0n) is 14.9. The number of aliphatic carboxylic acids is 1. The highest BCUT2D eigenvalue weighted by Crippen LogP contribution is 2.33. The summed E-state index contributed by atoms with van der Waals surface area (Å²) in [5.74, 6) is -5.22. The number of ether oxygens (including phenoxy) is 1. The fourth-order valence-electron chi connectivity index (χ4n) is 2.81. The van der Waals surface area contributed by atoms with E-state index in [9.17, 15) is 30.0 Å². The molecule has 0 aromatic carbocycles. The van der Waals surface area contributed by atoms with E-state index in [1.165, 1.54) is 0 Å². The van der Waals surface area contributed by atoms with Crippen LogP contribution in [0.4, 0.5) is 0 Å². The number of nitrogens with zero attached hydrogens (tertiary/aromatic N) is 5. The monoisotopic (exact) mass is 402 g/mol. The van der Waals surface area contributed by atoms with Crippen molar-refractivity contribution in [2.75, 3.05) is 6.54 Å². The lowest BCUT2D eigenvalue weighted by atomic mass is 9.88. The summed E-state index contributed by atoms with van der Waals surface area (Å²) in [7, 11) is 0. The summed E-state index contributed by atoms with van der Waals surface area (Å²) in [6, 6.07) is -1.34. The van der Waals surface area contributed by atoms with Crippen LogP contribution in [0.25, 0.3) is 10.4 Å². The number of amides is 1. The van der Waals surface area contributed by atoms with Gasteiger partial charge in [0, 0.05) is 24.2 Å². The quantitative estimate of drug-likeness (QED) is 0.149. The lowest BCUT2D eigenvalue weighted by Gasteiger charge is -2.44. The maximum Gasteiger partial charge on any atom is 0.364 e. The van der Waals surface area contributed by atoms with Gasteiger partial charge in [-0.1, -0.05) is 5.11 Å². The molecule has 0 aliphatic carbocycles. The van der Waals surface area contributed by atoms with E-state index in [1.807, 2.05) is 0 Å². The molecular weight excluding hydrogens is 380 g/mol. The fraction of sp³-hybridized carbons (Fsp3) is 0.857. The minimum absolute atomic E-state index is 0.0278. The molecule has 2 heterocycles. The Bertz CT molecular complexity index is 691. The van der Waals surface area contributed by atoms with Crippen LogP contribution in [0, 0.1) is 0 Å². The van der Waals surface area contributed by atoms with Crippen LogP contribution in [0.2, 0.25) is 0 Å². The SMILES string of the molecule is CC1(CCC(=O)N[C@H]2[C@H]([C@H](O)[C@H](O)CN=[N+]=[N-])OC(O)(C(=O)O)C[C@@H]2O)N=N1. The molecule has 6 atom stereocenters. The first-order valence-corrected chi connectivity index (χ1v) is 8.43. The molecule has 0 radical (unpaired) electrons. The number of carbonyl (C=O) groups excluding carboxylic acids is 1. The van der Waals surface area contributed by atoms with E-state index in [1.54, 1.807) is 6.92 Å². The second-order valence-corrected chi connectivity index (χ2v) is 6.93.